The number of aromatic amines is 1. The van der Waals surface area contributed by atoms with Crippen LogP contribution in [-0.2, 0) is 11.3 Å². The average Bonchev–Trinajstić information content (AvgIpc) is 3.32. The molecular formula is C20H18N6O4. The Morgan fingerprint density at radius 1 is 1.23 bits per heavy atom. The predicted octanol–water partition coefficient (Wildman–Crippen LogP) is 0.763. The van der Waals surface area contributed by atoms with Crippen LogP contribution in [0.5, 0.6) is 0 Å². The second-order valence-corrected chi connectivity index (χ2v) is 7.38. The fourth-order valence-electron chi connectivity index (χ4n) is 3.92. The Bertz CT molecular complexity index is 1190. The lowest BCUT2D eigenvalue weighted by Crippen LogP contribution is -2.55. The number of benzene rings is 1. The fraction of sp³-hybridized carbons (Fsp3) is 0.250. The summed E-state index contributed by atoms with van der Waals surface area (Å²) in [6.45, 7) is 0.348. The lowest BCUT2D eigenvalue weighted by molar-refractivity contribution is -0.129. The Morgan fingerprint density at radius 3 is 2.93 bits per heavy atom. The molecule has 2 atom stereocenters. The summed E-state index contributed by atoms with van der Waals surface area (Å²) in [7, 11) is 0. The van der Waals surface area contributed by atoms with Gasteiger partial charge in [0.25, 0.3) is 11.8 Å². The van der Waals surface area contributed by atoms with Crippen LogP contribution in [-0.4, -0.2) is 54.9 Å². The standard InChI is InChI=1S/C20H18N6O4/c27-16-4-3-15(19(29)25-16)26-8-10-1-2-12(6-13(10)20(26)30)24-18(28)11-5-14-17(21-7-11)23-9-22-14/h1-2,5-7,9,15,19,29H,3-4,8H2,(H,24,28)(H,25,27)(H,21,22,23). The first-order valence-corrected chi connectivity index (χ1v) is 9.51. The topological polar surface area (TPSA) is 140 Å². The molecule has 2 aliphatic heterocycles. The molecule has 0 spiro atoms. The number of imidazole rings is 1. The Labute approximate surface area is 170 Å². The molecule has 0 bridgehead atoms. The van der Waals surface area contributed by atoms with E-state index in [1.165, 1.54) is 12.5 Å². The molecule has 0 radical (unpaired) electrons. The van der Waals surface area contributed by atoms with Crippen molar-refractivity contribution in [2.75, 3.05) is 5.32 Å². The van der Waals surface area contributed by atoms with Gasteiger partial charge in [-0.1, -0.05) is 6.07 Å². The molecule has 152 valence electrons. The Morgan fingerprint density at radius 2 is 2.10 bits per heavy atom. The zero-order chi connectivity index (χ0) is 20.8. The van der Waals surface area contributed by atoms with Crippen molar-refractivity contribution in [2.24, 2.45) is 0 Å². The summed E-state index contributed by atoms with van der Waals surface area (Å²) in [5, 5.41) is 15.4. The number of rotatable bonds is 3. The number of carbonyl (C=O) groups excluding carboxylic acids is 3. The third kappa shape index (κ3) is 3.07. The number of aliphatic hydroxyl groups excluding tert-OH is 1. The number of anilines is 1. The van der Waals surface area contributed by atoms with Crippen molar-refractivity contribution in [1.82, 2.24) is 25.2 Å². The molecule has 4 heterocycles. The SMILES string of the molecule is O=C1CCC(N2Cc3ccc(NC(=O)c4cnc5nc[nH]c5c4)cc3C2=O)C(O)N1. The van der Waals surface area contributed by atoms with Gasteiger partial charge in [0.05, 0.1) is 23.4 Å². The number of nitrogens with zero attached hydrogens (tertiary/aromatic N) is 3. The van der Waals surface area contributed by atoms with Crippen LogP contribution < -0.4 is 10.6 Å². The van der Waals surface area contributed by atoms with Crippen LogP contribution in [0, 0.1) is 0 Å². The number of fused-ring (bicyclic) bond motifs is 2. The largest absolute Gasteiger partial charge is 0.372 e. The average molecular weight is 406 g/mol. The van der Waals surface area contributed by atoms with Gasteiger partial charge in [0.2, 0.25) is 5.91 Å². The zero-order valence-corrected chi connectivity index (χ0v) is 15.8. The number of aliphatic hydroxyl groups is 1. The summed E-state index contributed by atoms with van der Waals surface area (Å²) in [6.07, 6.45) is 2.52. The van der Waals surface area contributed by atoms with Crippen molar-refractivity contribution in [1.29, 1.82) is 0 Å². The van der Waals surface area contributed by atoms with Gasteiger partial charge < -0.3 is 25.6 Å². The summed E-state index contributed by atoms with van der Waals surface area (Å²) in [5.41, 5.74) is 3.30. The molecule has 0 aliphatic carbocycles. The van der Waals surface area contributed by atoms with Crippen LogP contribution in [0.2, 0.25) is 0 Å². The number of pyridine rings is 1. The second-order valence-electron chi connectivity index (χ2n) is 7.38. The highest BCUT2D eigenvalue weighted by Crippen LogP contribution is 2.30. The molecule has 1 fully saturated rings. The van der Waals surface area contributed by atoms with Gasteiger partial charge >= 0.3 is 0 Å². The first-order valence-electron chi connectivity index (χ1n) is 9.51. The lowest BCUT2D eigenvalue weighted by Gasteiger charge is -2.35. The van der Waals surface area contributed by atoms with Gasteiger partial charge in [-0.15, -0.1) is 0 Å². The van der Waals surface area contributed by atoms with E-state index in [9.17, 15) is 19.5 Å². The van der Waals surface area contributed by atoms with Crippen LogP contribution in [0.25, 0.3) is 11.2 Å². The van der Waals surface area contributed by atoms with Crippen molar-refractivity contribution >= 4 is 34.6 Å². The summed E-state index contributed by atoms with van der Waals surface area (Å²) in [5.74, 6) is -0.816. The van der Waals surface area contributed by atoms with Gasteiger partial charge in [0, 0.05) is 30.4 Å². The molecular weight excluding hydrogens is 388 g/mol. The maximum Gasteiger partial charge on any atom is 0.257 e. The highest BCUT2D eigenvalue weighted by Gasteiger charge is 2.39. The Hall–Kier alpha value is -3.79. The third-order valence-corrected chi connectivity index (χ3v) is 5.48. The molecule has 1 aromatic carbocycles. The highest BCUT2D eigenvalue weighted by atomic mass is 16.3. The van der Waals surface area contributed by atoms with Crippen molar-refractivity contribution < 1.29 is 19.5 Å². The van der Waals surface area contributed by atoms with Crippen molar-refractivity contribution in [3.63, 3.8) is 0 Å². The van der Waals surface area contributed by atoms with Crippen molar-refractivity contribution in [2.45, 2.75) is 31.7 Å². The lowest BCUT2D eigenvalue weighted by atomic mass is 10.0. The van der Waals surface area contributed by atoms with E-state index in [0.717, 1.165) is 5.56 Å². The molecule has 2 aromatic heterocycles. The van der Waals surface area contributed by atoms with E-state index in [1.807, 2.05) is 0 Å². The van der Waals surface area contributed by atoms with Crippen LogP contribution >= 0.6 is 0 Å². The Kier molecular flexibility index (Phi) is 4.21. The normalized spacial score (nSPS) is 20.9. The summed E-state index contributed by atoms with van der Waals surface area (Å²) >= 11 is 0. The number of hydrogen-bond acceptors (Lipinski definition) is 6. The van der Waals surface area contributed by atoms with Crippen molar-refractivity contribution in [3.8, 4) is 0 Å². The van der Waals surface area contributed by atoms with Crippen molar-refractivity contribution in [3.05, 3.63) is 53.5 Å². The van der Waals surface area contributed by atoms with E-state index in [0.29, 0.717) is 40.9 Å². The molecule has 10 heteroatoms. The maximum absolute atomic E-state index is 12.9. The molecule has 10 nitrogen and oxygen atoms in total. The maximum atomic E-state index is 12.9. The van der Waals surface area contributed by atoms with Gasteiger partial charge in [0.1, 0.15) is 6.23 Å². The number of piperidine rings is 1. The molecule has 3 amide bonds. The van der Waals surface area contributed by atoms with Crippen LogP contribution in [0.3, 0.4) is 0 Å². The van der Waals surface area contributed by atoms with E-state index < -0.39 is 12.3 Å². The van der Waals surface area contributed by atoms with E-state index in [4.69, 9.17) is 0 Å². The first-order chi connectivity index (χ1) is 14.5. The molecule has 2 aliphatic rings. The smallest absolute Gasteiger partial charge is 0.257 e. The molecule has 30 heavy (non-hydrogen) atoms. The molecule has 3 aromatic rings. The molecule has 4 N–H and O–H groups in total. The first kappa shape index (κ1) is 18.3. The van der Waals surface area contributed by atoms with Gasteiger partial charge in [-0.2, -0.15) is 0 Å². The van der Waals surface area contributed by atoms with Gasteiger partial charge in [0.15, 0.2) is 5.65 Å². The van der Waals surface area contributed by atoms with Crippen LogP contribution in [0.1, 0.15) is 39.1 Å². The van der Waals surface area contributed by atoms with E-state index in [-0.39, 0.29) is 24.1 Å². The quantitative estimate of drug-likeness (QED) is 0.506. The number of amides is 3. The van der Waals surface area contributed by atoms with Gasteiger partial charge in [-0.3, -0.25) is 14.4 Å². The van der Waals surface area contributed by atoms with Gasteiger partial charge in [-0.05, 0) is 30.2 Å². The number of H-pyrrole nitrogens is 1. The molecule has 1 saturated heterocycles. The summed E-state index contributed by atoms with van der Waals surface area (Å²) in [4.78, 5) is 49.6. The minimum Gasteiger partial charge on any atom is -0.372 e. The number of nitrogens with one attached hydrogen (secondary N) is 3. The third-order valence-electron chi connectivity index (χ3n) is 5.48. The second kappa shape index (κ2) is 6.92. The molecule has 5 rings (SSSR count). The molecule has 2 unspecified atom stereocenters. The zero-order valence-electron chi connectivity index (χ0n) is 15.8. The van der Waals surface area contributed by atoms with E-state index in [1.54, 1.807) is 29.2 Å². The van der Waals surface area contributed by atoms with E-state index in [2.05, 4.69) is 25.6 Å². The van der Waals surface area contributed by atoms with Gasteiger partial charge in [-0.25, -0.2) is 9.97 Å². The van der Waals surface area contributed by atoms with Crippen LogP contribution in [0.15, 0.2) is 36.8 Å². The minimum absolute atomic E-state index is 0.226. The number of aromatic nitrogens is 3. The summed E-state index contributed by atoms with van der Waals surface area (Å²) in [6, 6.07) is 6.32. The number of carbonyl (C=O) groups is 3. The fourth-order valence-corrected chi connectivity index (χ4v) is 3.92. The monoisotopic (exact) mass is 406 g/mol. The molecule has 0 saturated carbocycles. The Balaban J connectivity index is 1.34. The summed E-state index contributed by atoms with van der Waals surface area (Å²) < 4.78 is 0. The minimum atomic E-state index is -1.09. The number of hydrogen-bond donors (Lipinski definition) is 4. The van der Waals surface area contributed by atoms with Crippen LogP contribution in [0.4, 0.5) is 5.69 Å². The van der Waals surface area contributed by atoms with E-state index >= 15 is 0 Å². The predicted molar refractivity (Wildman–Crippen MR) is 105 cm³/mol. The highest BCUT2D eigenvalue weighted by molar-refractivity contribution is 6.06.